The van der Waals surface area contributed by atoms with Gasteiger partial charge in [0.1, 0.15) is 6.10 Å². The van der Waals surface area contributed by atoms with Crippen LogP contribution in [0.15, 0.2) is 53.3 Å². The summed E-state index contributed by atoms with van der Waals surface area (Å²) in [5.74, 6) is -0.256. The highest BCUT2D eigenvalue weighted by molar-refractivity contribution is 7.92. The Kier molecular flexibility index (Phi) is 6.13. The topological polar surface area (TPSA) is 111 Å². The molecule has 0 atom stereocenters. The number of hydrogen-bond acceptors (Lipinski definition) is 7. The molecule has 0 spiro atoms. The zero-order valence-corrected chi connectivity index (χ0v) is 17.8. The zero-order valence-electron chi connectivity index (χ0n) is 17.0. The van der Waals surface area contributed by atoms with Crippen LogP contribution in [0.4, 0.5) is 5.82 Å². The number of sulfone groups is 1. The molecule has 0 bridgehead atoms. The van der Waals surface area contributed by atoms with Gasteiger partial charge in [0.15, 0.2) is 21.4 Å². The molecular formula is C22H24N4O4S. The molecular weight excluding hydrogens is 416 g/mol. The minimum Gasteiger partial charge on any atom is -0.392 e. The quantitative estimate of drug-likeness (QED) is 0.498. The lowest BCUT2D eigenvalue weighted by atomic mass is 10.1. The van der Waals surface area contributed by atoms with E-state index in [1.807, 2.05) is 0 Å². The van der Waals surface area contributed by atoms with Crippen molar-refractivity contribution in [2.45, 2.75) is 54.8 Å². The average Bonchev–Trinajstić information content (AvgIpc) is 3.52. The predicted octanol–water partition coefficient (Wildman–Crippen LogP) is 3.36. The molecule has 8 nitrogen and oxygen atoms in total. The number of benzene rings is 1. The maximum Gasteiger partial charge on any atom is 0.279 e. The van der Waals surface area contributed by atoms with E-state index in [1.165, 1.54) is 24.5 Å². The molecule has 0 radical (unpaired) electrons. The van der Waals surface area contributed by atoms with Crippen molar-refractivity contribution in [3.63, 3.8) is 0 Å². The van der Waals surface area contributed by atoms with E-state index in [1.54, 1.807) is 18.2 Å². The highest BCUT2D eigenvalue weighted by atomic mass is 32.2. The molecule has 1 aromatic carbocycles. The zero-order chi connectivity index (χ0) is 21.8. The fourth-order valence-corrected chi connectivity index (χ4v) is 5.06. The number of carbonyl (C=O) groups excluding carboxylic acids is 1. The van der Waals surface area contributed by atoms with Gasteiger partial charge in [-0.15, -0.1) is 0 Å². The molecule has 31 heavy (non-hydrogen) atoms. The van der Waals surface area contributed by atoms with Crippen LogP contribution >= 0.6 is 0 Å². The number of anilines is 1. The number of hydrogen-bond donors (Lipinski definition) is 1. The summed E-state index contributed by atoms with van der Waals surface area (Å²) >= 11 is 0. The smallest absolute Gasteiger partial charge is 0.279 e. The van der Waals surface area contributed by atoms with Gasteiger partial charge < -0.3 is 10.2 Å². The van der Waals surface area contributed by atoms with Crippen LogP contribution in [0.2, 0.25) is 0 Å². The van der Waals surface area contributed by atoms with Crippen molar-refractivity contribution in [3.8, 4) is 0 Å². The normalized spacial score (nSPS) is 17.4. The molecule has 2 saturated carbocycles. The summed E-state index contributed by atoms with van der Waals surface area (Å²) < 4.78 is 24.9. The summed E-state index contributed by atoms with van der Waals surface area (Å²) in [6.45, 7) is 3.62. The molecule has 0 saturated heterocycles. The first-order valence-electron chi connectivity index (χ1n) is 10.3. The van der Waals surface area contributed by atoms with E-state index in [2.05, 4.69) is 27.0 Å². The SMILES string of the molecule is C=Cc1cnc(NC(=O)/C(=N/OC2CCCC2)c2ccc(S(=O)(=O)C3CC3)cc2)cn1. The number of aromatic nitrogens is 2. The van der Waals surface area contributed by atoms with Crippen LogP contribution in [0, 0.1) is 0 Å². The lowest BCUT2D eigenvalue weighted by Crippen LogP contribution is -2.25. The standard InChI is InChI=1S/C22H24N4O4S/c1-2-16-13-24-20(14-23-16)25-22(27)21(26-30-17-5-3-4-6-17)15-7-9-18(10-8-15)31(28,29)19-11-12-19/h2,7-10,13-14,17,19H,1,3-6,11-12H2,(H,24,25,27)/b26-21+. The molecule has 1 heterocycles. The third-order valence-corrected chi connectivity index (χ3v) is 7.63. The lowest BCUT2D eigenvalue weighted by molar-refractivity contribution is -0.110. The van der Waals surface area contributed by atoms with Gasteiger partial charge >= 0.3 is 0 Å². The van der Waals surface area contributed by atoms with Gasteiger partial charge in [0.05, 0.1) is 28.2 Å². The van der Waals surface area contributed by atoms with E-state index in [-0.39, 0.29) is 27.8 Å². The summed E-state index contributed by atoms with van der Waals surface area (Å²) in [6.07, 6.45) is 9.77. The third-order valence-electron chi connectivity index (χ3n) is 5.35. The van der Waals surface area contributed by atoms with E-state index < -0.39 is 15.7 Å². The average molecular weight is 441 g/mol. The van der Waals surface area contributed by atoms with Crippen LogP contribution in [0.25, 0.3) is 6.08 Å². The van der Waals surface area contributed by atoms with Gasteiger partial charge in [0.25, 0.3) is 5.91 Å². The first-order chi connectivity index (χ1) is 15.0. The van der Waals surface area contributed by atoms with Gasteiger partial charge in [-0.2, -0.15) is 0 Å². The van der Waals surface area contributed by atoms with Crippen LogP contribution in [-0.4, -0.2) is 41.4 Å². The van der Waals surface area contributed by atoms with E-state index in [9.17, 15) is 13.2 Å². The largest absolute Gasteiger partial charge is 0.392 e. The lowest BCUT2D eigenvalue weighted by Gasteiger charge is -2.11. The highest BCUT2D eigenvalue weighted by Gasteiger charge is 2.36. The maximum atomic E-state index is 12.9. The molecule has 2 aromatic rings. The van der Waals surface area contributed by atoms with Crippen molar-refractivity contribution >= 4 is 33.4 Å². The Bertz CT molecular complexity index is 1090. The summed E-state index contributed by atoms with van der Waals surface area (Å²) in [7, 11) is -3.31. The van der Waals surface area contributed by atoms with Crippen LogP contribution < -0.4 is 5.32 Å². The van der Waals surface area contributed by atoms with Gasteiger partial charge in [0, 0.05) is 5.56 Å². The summed E-state index contributed by atoms with van der Waals surface area (Å²) in [5, 5.41) is 6.51. The monoisotopic (exact) mass is 440 g/mol. The van der Waals surface area contributed by atoms with Crippen molar-refractivity contribution in [1.29, 1.82) is 0 Å². The van der Waals surface area contributed by atoms with E-state index in [0.29, 0.717) is 24.1 Å². The Morgan fingerprint density at radius 1 is 1.10 bits per heavy atom. The molecule has 162 valence electrons. The van der Waals surface area contributed by atoms with Crippen LogP contribution in [0.5, 0.6) is 0 Å². The summed E-state index contributed by atoms with van der Waals surface area (Å²) in [6, 6.07) is 6.19. The Labute approximate surface area is 181 Å². The Morgan fingerprint density at radius 3 is 2.39 bits per heavy atom. The molecule has 1 N–H and O–H groups in total. The Hall–Kier alpha value is -3.07. The molecule has 0 unspecified atom stereocenters. The second kappa shape index (κ2) is 8.97. The second-order valence-electron chi connectivity index (χ2n) is 7.71. The van der Waals surface area contributed by atoms with Gasteiger partial charge in [-0.1, -0.05) is 23.9 Å². The molecule has 1 aromatic heterocycles. The third kappa shape index (κ3) is 4.99. The molecule has 2 aliphatic rings. The molecule has 1 amide bonds. The molecule has 2 aliphatic carbocycles. The summed E-state index contributed by atoms with van der Waals surface area (Å²) in [4.78, 5) is 27.1. The molecule has 4 rings (SSSR count). The number of nitrogens with one attached hydrogen (secondary N) is 1. The van der Waals surface area contributed by atoms with Gasteiger partial charge in [0.2, 0.25) is 0 Å². The van der Waals surface area contributed by atoms with Gasteiger partial charge in [-0.05, 0) is 56.7 Å². The molecule has 2 fully saturated rings. The van der Waals surface area contributed by atoms with Gasteiger partial charge in [-0.25, -0.2) is 13.4 Å². The van der Waals surface area contributed by atoms with Crippen molar-refractivity contribution in [1.82, 2.24) is 9.97 Å². The number of nitrogens with zero attached hydrogens (tertiary/aromatic N) is 3. The van der Waals surface area contributed by atoms with Crippen LogP contribution in [0.1, 0.15) is 49.8 Å². The van der Waals surface area contributed by atoms with Crippen LogP contribution in [0.3, 0.4) is 0 Å². The first-order valence-corrected chi connectivity index (χ1v) is 11.9. The number of rotatable bonds is 8. The number of amides is 1. The molecule has 9 heteroatoms. The minimum absolute atomic E-state index is 0.0241. The van der Waals surface area contributed by atoms with Gasteiger partial charge in [-0.3, -0.25) is 9.78 Å². The Morgan fingerprint density at radius 2 is 1.81 bits per heavy atom. The van der Waals surface area contributed by atoms with Crippen molar-refractivity contribution in [2.75, 3.05) is 5.32 Å². The van der Waals surface area contributed by atoms with Crippen molar-refractivity contribution < 1.29 is 18.0 Å². The first kappa shape index (κ1) is 21.2. The van der Waals surface area contributed by atoms with E-state index in [4.69, 9.17) is 4.84 Å². The number of carbonyl (C=O) groups is 1. The summed E-state index contributed by atoms with van der Waals surface area (Å²) in [5.41, 5.74) is 1.10. The predicted molar refractivity (Wildman–Crippen MR) is 117 cm³/mol. The minimum atomic E-state index is -3.31. The second-order valence-corrected chi connectivity index (χ2v) is 9.93. The fraction of sp³-hybridized carbons (Fsp3) is 0.364. The fourth-order valence-electron chi connectivity index (χ4n) is 3.40. The number of oxime groups is 1. The van der Waals surface area contributed by atoms with Crippen LogP contribution in [-0.2, 0) is 19.5 Å². The van der Waals surface area contributed by atoms with E-state index >= 15 is 0 Å². The maximum absolute atomic E-state index is 12.9. The van der Waals surface area contributed by atoms with Crippen molar-refractivity contribution in [3.05, 3.63) is 54.5 Å². The Balaban J connectivity index is 1.57. The van der Waals surface area contributed by atoms with Crippen molar-refractivity contribution in [2.24, 2.45) is 5.16 Å². The van der Waals surface area contributed by atoms with E-state index in [0.717, 1.165) is 25.7 Å². The highest BCUT2D eigenvalue weighted by Crippen LogP contribution is 2.33. The molecule has 0 aliphatic heterocycles.